The van der Waals surface area contributed by atoms with Crippen LogP contribution in [0.1, 0.15) is 5.56 Å². The van der Waals surface area contributed by atoms with E-state index in [1.54, 1.807) is 0 Å². The normalized spacial score (nSPS) is 11.4. The standard InChI is InChI=1S/C12H13F3N2O3/c1-19-9-4-3-8(7-10(9)20-2)5-6-17(11(16)18)12(13,14)15/h3-7H,1-2H3,(H2,16,18). The number of amides is 2. The average molecular weight is 290 g/mol. The predicted molar refractivity (Wildman–Crippen MR) is 66.1 cm³/mol. The zero-order valence-corrected chi connectivity index (χ0v) is 10.8. The number of ether oxygens (including phenoxy) is 2. The molecular formula is C12H13F3N2O3. The van der Waals surface area contributed by atoms with Crippen LogP contribution in [0.2, 0.25) is 0 Å². The molecule has 0 aliphatic rings. The molecule has 0 saturated heterocycles. The van der Waals surface area contributed by atoms with E-state index in [9.17, 15) is 18.0 Å². The summed E-state index contributed by atoms with van der Waals surface area (Å²) in [6.07, 6.45) is -3.25. The Morgan fingerprint density at radius 2 is 1.85 bits per heavy atom. The van der Waals surface area contributed by atoms with Gasteiger partial charge in [-0.15, -0.1) is 13.2 Å². The quantitative estimate of drug-likeness (QED) is 0.867. The van der Waals surface area contributed by atoms with Gasteiger partial charge in [-0.05, 0) is 23.8 Å². The van der Waals surface area contributed by atoms with Gasteiger partial charge in [0.15, 0.2) is 11.5 Å². The summed E-state index contributed by atoms with van der Waals surface area (Å²) in [5.74, 6) is 0.791. The van der Waals surface area contributed by atoms with Crippen molar-refractivity contribution in [3.8, 4) is 11.5 Å². The number of benzene rings is 1. The second-order valence-corrected chi connectivity index (χ2v) is 3.61. The molecule has 110 valence electrons. The highest BCUT2D eigenvalue weighted by atomic mass is 19.4. The number of rotatable bonds is 4. The van der Waals surface area contributed by atoms with Gasteiger partial charge >= 0.3 is 12.3 Å². The number of hydrogen-bond acceptors (Lipinski definition) is 3. The molecule has 0 saturated carbocycles. The van der Waals surface area contributed by atoms with Crippen molar-refractivity contribution in [1.82, 2.24) is 4.90 Å². The number of hydrogen-bond donors (Lipinski definition) is 1. The Kier molecular flexibility index (Phi) is 4.84. The lowest BCUT2D eigenvalue weighted by Gasteiger charge is -2.18. The van der Waals surface area contributed by atoms with Crippen LogP contribution in [0.5, 0.6) is 11.5 Å². The summed E-state index contributed by atoms with van der Waals surface area (Å²) in [5.41, 5.74) is 5.05. The third-order valence-electron chi connectivity index (χ3n) is 2.33. The predicted octanol–water partition coefficient (Wildman–Crippen LogP) is 2.58. The Hall–Kier alpha value is -2.38. The molecule has 20 heavy (non-hydrogen) atoms. The van der Waals surface area contributed by atoms with E-state index in [-0.39, 0.29) is 0 Å². The van der Waals surface area contributed by atoms with Crippen LogP contribution >= 0.6 is 0 Å². The number of halogens is 3. The SMILES string of the molecule is COc1ccc(C=CN(C(N)=O)C(F)(F)F)cc1OC. The van der Waals surface area contributed by atoms with Crippen LogP contribution in [0.3, 0.4) is 0 Å². The fourth-order valence-electron chi connectivity index (χ4n) is 1.40. The van der Waals surface area contributed by atoms with Crippen molar-refractivity contribution >= 4 is 12.1 Å². The van der Waals surface area contributed by atoms with Crippen molar-refractivity contribution < 1.29 is 27.4 Å². The van der Waals surface area contributed by atoms with Gasteiger partial charge < -0.3 is 15.2 Å². The van der Waals surface area contributed by atoms with E-state index in [0.717, 1.165) is 6.08 Å². The Bertz CT molecular complexity index is 515. The highest BCUT2D eigenvalue weighted by Crippen LogP contribution is 2.28. The summed E-state index contributed by atoms with van der Waals surface area (Å²) in [5, 5.41) is 0. The molecule has 0 heterocycles. The molecule has 0 aliphatic carbocycles. The minimum absolute atomic E-state index is 0.354. The lowest BCUT2D eigenvalue weighted by atomic mass is 10.2. The van der Waals surface area contributed by atoms with Crippen LogP contribution < -0.4 is 15.2 Å². The molecule has 2 N–H and O–H groups in total. The molecule has 0 unspecified atom stereocenters. The molecule has 0 radical (unpaired) electrons. The number of nitrogens with two attached hydrogens (primary N) is 1. The first-order valence-electron chi connectivity index (χ1n) is 5.35. The van der Waals surface area contributed by atoms with E-state index in [2.05, 4.69) is 5.73 Å². The van der Waals surface area contributed by atoms with Crippen molar-refractivity contribution in [2.45, 2.75) is 6.30 Å². The molecule has 0 aliphatic heterocycles. The molecule has 0 aromatic heterocycles. The minimum Gasteiger partial charge on any atom is -0.493 e. The molecule has 2 amide bonds. The van der Waals surface area contributed by atoms with Gasteiger partial charge in [0.05, 0.1) is 14.2 Å². The first kappa shape index (κ1) is 15.7. The number of carbonyl (C=O) groups is 1. The summed E-state index contributed by atoms with van der Waals surface area (Å²) in [4.78, 5) is 10.2. The molecule has 0 atom stereocenters. The summed E-state index contributed by atoms with van der Waals surface area (Å²) >= 11 is 0. The van der Waals surface area contributed by atoms with Crippen LogP contribution in [0.4, 0.5) is 18.0 Å². The number of carbonyl (C=O) groups excluding carboxylic acids is 1. The van der Waals surface area contributed by atoms with Gasteiger partial charge in [-0.3, -0.25) is 0 Å². The fraction of sp³-hybridized carbons (Fsp3) is 0.250. The topological polar surface area (TPSA) is 64.8 Å². The fourth-order valence-corrected chi connectivity index (χ4v) is 1.40. The van der Waals surface area contributed by atoms with Crippen LogP contribution in [-0.2, 0) is 0 Å². The Balaban J connectivity index is 3.02. The lowest BCUT2D eigenvalue weighted by Crippen LogP contribution is -2.41. The number of primary amides is 1. The van der Waals surface area contributed by atoms with E-state index >= 15 is 0 Å². The van der Waals surface area contributed by atoms with Crippen molar-refractivity contribution in [2.24, 2.45) is 5.73 Å². The molecule has 0 spiro atoms. The van der Waals surface area contributed by atoms with E-state index in [0.29, 0.717) is 23.3 Å². The lowest BCUT2D eigenvalue weighted by molar-refractivity contribution is -0.206. The van der Waals surface area contributed by atoms with Crippen LogP contribution in [0, 0.1) is 0 Å². The number of nitrogens with zero attached hydrogens (tertiary/aromatic N) is 1. The van der Waals surface area contributed by atoms with Crippen LogP contribution in [0.25, 0.3) is 6.08 Å². The molecular weight excluding hydrogens is 277 g/mol. The smallest absolute Gasteiger partial charge is 0.492 e. The van der Waals surface area contributed by atoms with Crippen LogP contribution in [-0.4, -0.2) is 31.5 Å². The maximum atomic E-state index is 12.5. The van der Waals surface area contributed by atoms with E-state index < -0.39 is 17.2 Å². The highest BCUT2D eigenvalue weighted by molar-refractivity contribution is 5.74. The summed E-state index contributed by atoms with van der Waals surface area (Å²) < 4.78 is 47.4. The zero-order valence-electron chi connectivity index (χ0n) is 10.8. The second-order valence-electron chi connectivity index (χ2n) is 3.61. The maximum absolute atomic E-state index is 12.5. The molecule has 0 bridgehead atoms. The maximum Gasteiger partial charge on any atom is 0.492 e. The van der Waals surface area contributed by atoms with Gasteiger partial charge in [-0.25, -0.2) is 9.69 Å². The summed E-state index contributed by atoms with van der Waals surface area (Å²) in [6.45, 7) is 0. The van der Waals surface area contributed by atoms with Gasteiger partial charge in [-0.2, -0.15) is 0 Å². The first-order valence-corrected chi connectivity index (χ1v) is 5.35. The van der Waals surface area contributed by atoms with Crippen molar-refractivity contribution in [2.75, 3.05) is 14.2 Å². The average Bonchev–Trinajstić information content (AvgIpc) is 2.36. The molecule has 0 fully saturated rings. The molecule has 1 rings (SSSR count). The largest absolute Gasteiger partial charge is 0.493 e. The highest BCUT2D eigenvalue weighted by Gasteiger charge is 2.38. The Morgan fingerprint density at radius 1 is 1.25 bits per heavy atom. The molecule has 5 nitrogen and oxygen atoms in total. The minimum atomic E-state index is -4.88. The van der Waals surface area contributed by atoms with Crippen molar-refractivity contribution in [1.29, 1.82) is 0 Å². The monoisotopic (exact) mass is 290 g/mol. The van der Waals surface area contributed by atoms with Gasteiger partial charge in [0.1, 0.15) is 0 Å². The number of alkyl halides is 3. The van der Waals surface area contributed by atoms with E-state index in [4.69, 9.17) is 9.47 Å². The van der Waals surface area contributed by atoms with E-state index in [1.807, 2.05) is 0 Å². The zero-order chi connectivity index (χ0) is 15.3. The summed E-state index contributed by atoms with van der Waals surface area (Å²) in [7, 11) is 2.84. The molecule has 1 aromatic carbocycles. The molecule has 1 aromatic rings. The number of methoxy groups -OCH3 is 2. The van der Waals surface area contributed by atoms with Gasteiger partial charge in [0.2, 0.25) is 0 Å². The van der Waals surface area contributed by atoms with Gasteiger partial charge in [0.25, 0.3) is 0 Å². The van der Waals surface area contributed by atoms with E-state index in [1.165, 1.54) is 32.4 Å². The third kappa shape index (κ3) is 3.81. The summed E-state index contributed by atoms with van der Waals surface area (Å²) in [6, 6.07) is 2.88. The first-order chi connectivity index (χ1) is 9.29. The number of urea groups is 1. The Morgan fingerprint density at radius 3 is 2.30 bits per heavy atom. The second kappa shape index (κ2) is 6.18. The van der Waals surface area contributed by atoms with Crippen molar-refractivity contribution in [3.63, 3.8) is 0 Å². The van der Waals surface area contributed by atoms with Gasteiger partial charge in [-0.1, -0.05) is 6.07 Å². The van der Waals surface area contributed by atoms with Gasteiger partial charge in [0, 0.05) is 6.20 Å². The third-order valence-corrected chi connectivity index (χ3v) is 2.33. The molecule has 8 heteroatoms. The van der Waals surface area contributed by atoms with Crippen LogP contribution in [0.15, 0.2) is 24.4 Å². The van der Waals surface area contributed by atoms with Crippen molar-refractivity contribution in [3.05, 3.63) is 30.0 Å². The Labute approximate surface area is 113 Å².